The molecule has 0 saturated carbocycles. The van der Waals surface area contributed by atoms with Crippen LogP contribution in [0.2, 0.25) is 0 Å². The Morgan fingerprint density at radius 1 is 1.11 bits per heavy atom. The third kappa shape index (κ3) is 6.59. The fraction of sp³-hybridized carbons (Fsp3) is 0.269. The molecule has 35 heavy (non-hydrogen) atoms. The molecule has 0 aliphatic carbocycles. The van der Waals surface area contributed by atoms with Gasteiger partial charge in [-0.15, -0.1) is 0 Å². The largest absolute Gasteiger partial charge is 0.478 e. The van der Waals surface area contributed by atoms with Gasteiger partial charge in [-0.3, -0.25) is 4.79 Å². The molecular formula is C26H25F3N2O4. The molecule has 2 aromatic carbocycles. The minimum atomic E-state index is -4.47. The van der Waals surface area contributed by atoms with E-state index in [2.05, 4.69) is 4.98 Å². The van der Waals surface area contributed by atoms with Gasteiger partial charge in [-0.05, 0) is 57.0 Å². The van der Waals surface area contributed by atoms with Gasteiger partial charge in [0, 0.05) is 18.3 Å². The highest BCUT2D eigenvalue weighted by Crippen LogP contribution is 2.29. The maximum Gasteiger partial charge on any atom is 0.416 e. The normalized spacial score (nSPS) is 12.2. The quantitative estimate of drug-likeness (QED) is 0.388. The number of benzene rings is 2. The highest BCUT2D eigenvalue weighted by molar-refractivity contribution is 6.06. The van der Waals surface area contributed by atoms with Crippen LogP contribution in [0.15, 0.2) is 60.8 Å². The molecule has 1 heterocycles. The van der Waals surface area contributed by atoms with Crippen molar-refractivity contribution in [1.82, 2.24) is 9.55 Å². The summed E-state index contributed by atoms with van der Waals surface area (Å²) >= 11 is 0. The van der Waals surface area contributed by atoms with Gasteiger partial charge < -0.3 is 14.4 Å². The topological polar surface area (TPSA) is 81.4 Å². The van der Waals surface area contributed by atoms with Gasteiger partial charge in [-0.2, -0.15) is 13.2 Å². The SMILES string of the molecule is Cc1cn(CC/C=C/c2cccc(OC(C)(C)C(=O)O)c2)c(C(=O)c2ccc(C(F)(F)F)cc2)n1. The van der Waals surface area contributed by atoms with Crippen LogP contribution in [0.4, 0.5) is 13.2 Å². The molecule has 0 atom stereocenters. The summed E-state index contributed by atoms with van der Waals surface area (Å²) in [6, 6.07) is 11.1. The number of allylic oxidation sites excluding steroid dienone is 1. The second kappa shape index (κ2) is 10.2. The number of aliphatic carboxylic acids is 1. The number of ether oxygens (including phenoxy) is 1. The standard InChI is InChI=1S/C26H25F3N2O4/c1-17-16-31(23(30-17)22(32)19-10-12-20(13-11-19)26(27,28)29)14-5-4-7-18-8-6-9-21(15-18)35-25(2,3)24(33)34/h4,6-13,15-16H,5,14H2,1-3H3,(H,33,34)/b7-4+. The van der Waals surface area contributed by atoms with Gasteiger partial charge in [0.05, 0.1) is 11.3 Å². The van der Waals surface area contributed by atoms with E-state index in [0.717, 1.165) is 29.8 Å². The van der Waals surface area contributed by atoms with Crippen molar-refractivity contribution in [3.8, 4) is 5.75 Å². The van der Waals surface area contributed by atoms with Crippen molar-refractivity contribution >= 4 is 17.8 Å². The minimum Gasteiger partial charge on any atom is -0.478 e. The number of nitrogens with zero attached hydrogens (tertiary/aromatic N) is 2. The lowest BCUT2D eigenvalue weighted by Gasteiger charge is -2.21. The van der Waals surface area contributed by atoms with Crippen molar-refractivity contribution in [2.24, 2.45) is 0 Å². The molecule has 0 saturated heterocycles. The predicted molar refractivity (Wildman–Crippen MR) is 124 cm³/mol. The number of hydrogen-bond acceptors (Lipinski definition) is 4. The lowest BCUT2D eigenvalue weighted by atomic mass is 10.1. The number of alkyl halides is 3. The summed E-state index contributed by atoms with van der Waals surface area (Å²) in [4.78, 5) is 28.4. The van der Waals surface area contributed by atoms with Gasteiger partial charge in [0.2, 0.25) is 5.78 Å². The maximum atomic E-state index is 12.9. The molecule has 1 N–H and O–H groups in total. The number of carbonyl (C=O) groups excluding carboxylic acids is 1. The number of carboxylic acid groups (broad SMARTS) is 1. The molecule has 0 unspecified atom stereocenters. The Labute approximate surface area is 200 Å². The smallest absolute Gasteiger partial charge is 0.416 e. The third-order valence-corrected chi connectivity index (χ3v) is 5.17. The number of hydrogen-bond donors (Lipinski definition) is 1. The van der Waals surface area contributed by atoms with E-state index in [1.807, 2.05) is 18.2 Å². The van der Waals surface area contributed by atoms with Gasteiger partial charge >= 0.3 is 12.1 Å². The highest BCUT2D eigenvalue weighted by Gasteiger charge is 2.31. The van der Waals surface area contributed by atoms with Crippen LogP contribution in [0.5, 0.6) is 5.75 Å². The first-order valence-electron chi connectivity index (χ1n) is 10.8. The third-order valence-electron chi connectivity index (χ3n) is 5.17. The summed E-state index contributed by atoms with van der Waals surface area (Å²) in [5, 5.41) is 9.22. The van der Waals surface area contributed by atoms with E-state index in [1.165, 1.54) is 13.8 Å². The number of rotatable bonds is 9. The van der Waals surface area contributed by atoms with Gasteiger partial charge in [-0.1, -0.05) is 36.4 Å². The fourth-order valence-electron chi connectivity index (χ4n) is 3.29. The minimum absolute atomic E-state index is 0.126. The molecule has 1 aromatic heterocycles. The van der Waals surface area contributed by atoms with Crippen molar-refractivity contribution in [3.63, 3.8) is 0 Å². The van der Waals surface area contributed by atoms with Crippen LogP contribution in [0, 0.1) is 6.92 Å². The summed E-state index contributed by atoms with van der Waals surface area (Å²) in [5.74, 6) is -0.950. The first-order chi connectivity index (χ1) is 16.4. The Bertz CT molecular complexity index is 1240. The number of carbonyl (C=O) groups is 2. The molecule has 184 valence electrons. The van der Waals surface area contributed by atoms with E-state index in [1.54, 1.807) is 35.9 Å². The molecular weight excluding hydrogens is 461 g/mol. The van der Waals surface area contributed by atoms with Crippen LogP contribution in [0.1, 0.15) is 53.3 Å². The van der Waals surface area contributed by atoms with Crippen LogP contribution >= 0.6 is 0 Å². The van der Waals surface area contributed by atoms with Gasteiger partial charge in [0.25, 0.3) is 0 Å². The Morgan fingerprint density at radius 3 is 2.43 bits per heavy atom. The van der Waals surface area contributed by atoms with E-state index >= 15 is 0 Å². The fourth-order valence-corrected chi connectivity index (χ4v) is 3.29. The maximum absolute atomic E-state index is 12.9. The number of aromatic nitrogens is 2. The molecule has 0 bridgehead atoms. The van der Waals surface area contributed by atoms with E-state index in [0.29, 0.717) is 24.4 Å². The van der Waals surface area contributed by atoms with E-state index in [-0.39, 0.29) is 11.4 Å². The molecule has 0 spiro atoms. The summed E-state index contributed by atoms with van der Waals surface area (Å²) < 4.78 is 45.6. The van der Waals surface area contributed by atoms with Crippen LogP contribution in [0.25, 0.3) is 6.08 Å². The first kappa shape index (κ1) is 25.7. The Morgan fingerprint density at radius 2 is 1.80 bits per heavy atom. The van der Waals surface area contributed by atoms with E-state index < -0.39 is 29.1 Å². The van der Waals surface area contributed by atoms with Gasteiger partial charge in [0.1, 0.15) is 5.75 Å². The number of carboxylic acids is 1. The summed E-state index contributed by atoms with van der Waals surface area (Å²) in [5.41, 5.74) is -0.625. The molecule has 9 heteroatoms. The highest BCUT2D eigenvalue weighted by atomic mass is 19.4. The zero-order valence-corrected chi connectivity index (χ0v) is 19.5. The molecule has 3 aromatic rings. The molecule has 0 fully saturated rings. The average Bonchev–Trinajstić information content (AvgIpc) is 3.16. The number of aryl methyl sites for hydroxylation is 2. The van der Waals surface area contributed by atoms with Crippen molar-refractivity contribution in [3.05, 3.63) is 89.0 Å². The zero-order valence-electron chi connectivity index (χ0n) is 19.5. The van der Waals surface area contributed by atoms with Crippen LogP contribution in [-0.2, 0) is 17.5 Å². The van der Waals surface area contributed by atoms with Gasteiger partial charge in [-0.25, -0.2) is 9.78 Å². The van der Waals surface area contributed by atoms with Crippen molar-refractivity contribution in [2.75, 3.05) is 0 Å². The second-order valence-electron chi connectivity index (χ2n) is 8.48. The zero-order chi connectivity index (χ0) is 25.8. The van der Waals surface area contributed by atoms with Crippen LogP contribution in [-0.4, -0.2) is 32.0 Å². The van der Waals surface area contributed by atoms with Gasteiger partial charge in [0.15, 0.2) is 11.4 Å². The molecule has 3 rings (SSSR count). The number of ketones is 1. The Hall–Kier alpha value is -3.88. The first-order valence-corrected chi connectivity index (χ1v) is 10.8. The van der Waals surface area contributed by atoms with Crippen molar-refractivity contribution < 1.29 is 32.6 Å². The monoisotopic (exact) mass is 486 g/mol. The number of imidazole rings is 1. The predicted octanol–water partition coefficient (Wildman–Crippen LogP) is 5.79. The van der Waals surface area contributed by atoms with Crippen molar-refractivity contribution in [1.29, 1.82) is 0 Å². The van der Waals surface area contributed by atoms with E-state index in [4.69, 9.17) is 4.74 Å². The lowest BCUT2D eigenvalue weighted by molar-refractivity contribution is -0.152. The molecule has 0 aliphatic heterocycles. The lowest BCUT2D eigenvalue weighted by Crippen LogP contribution is -2.37. The van der Waals surface area contributed by atoms with Crippen molar-refractivity contribution in [2.45, 2.75) is 45.5 Å². The van der Waals surface area contributed by atoms with E-state index in [9.17, 15) is 27.9 Å². The average molecular weight is 486 g/mol. The van der Waals surface area contributed by atoms with Crippen LogP contribution in [0.3, 0.4) is 0 Å². The molecule has 6 nitrogen and oxygen atoms in total. The Kier molecular flexibility index (Phi) is 7.48. The number of halogens is 3. The summed E-state index contributed by atoms with van der Waals surface area (Å²) in [7, 11) is 0. The second-order valence-corrected chi connectivity index (χ2v) is 8.48. The summed E-state index contributed by atoms with van der Waals surface area (Å²) in [6.07, 6.45) is 1.54. The molecule has 0 radical (unpaired) electrons. The van der Waals surface area contributed by atoms with Crippen LogP contribution < -0.4 is 4.74 Å². The molecule has 0 aliphatic rings. The summed E-state index contributed by atoms with van der Waals surface area (Å²) in [6.45, 7) is 5.10. The molecule has 0 amide bonds. The Balaban J connectivity index is 1.67.